The summed E-state index contributed by atoms with van der Waals surface area (Å²) in [5.74, 6) is -2.58. The summed E-state index contributed by atoms with van der Waals surface area (Å²) in [4.78, 5) is 33.7. The third-order valence-corrected chi connectivity index (χ3v) is 10.4. The fraction of sp³-hybridized carbons (Fsp3) is 0.417. The Morgan fingerprint density at radius 1 is 1.29 bits per heavy atom. The van der Waals surface area contributed by atoms with Crippen molar-refractivity contribution >= 4 is 50.7 Å². The number of piperidine rings is 1. The van der Waals surface area contributed by atoms with Gasteiger partial charge in [-0.1, -0.05) is 17.7 Å². The maximum absolute atomic E-state index is 13.8. The van der Waals surface area contributed by atoms with Crippen LogP contribution in [0.25, 0.3) is 0 Å². The van der Waals surface area contributed by atoms with Crippen LogP contribution in [0.15, 0.2) is 46.0 Å². The zero-order valence-electron chi connectivity index (χ0n) is 20.8. The first kappa shape index (κ1) is 28.1. The number of aliphatic carboxylic acids is 1. The van der Waals surface area contributed by atoms with Crippen LogP contribution in [0, 0.1) is 11.7 Å². The average Bonchev–Trinajstić information content (AvgIpc) is 3.42. The number of nitrogens with zero attached hydrogens (tertiary/aromatic N) is 3. The molecular weight excluding hydrogens is 559 g/mol. The van der Waals surface area contributed by atoms with Crippen LogP contribution in [0.5, 0.6) is 0 Å². The molecule has 14 heteroatoms. The highest BCUT2D eigenvalue weighted by atomic mass is 35.5. The van der Waals surface area contributed by atoms with Gasteiger partial charge in [0.05, 0.1) is 12.7 Å². The number of aliphatic imine (C=N–C) groups is 1. The molecule has 2 N–H and O–H groups in total. The van der Waals surface area contributed by atoms with Crippen LogP contribution in [0.2, 0.25) is 5.02 Å². The Morgan fingerprint density at radius 2 is 1.97 bits per heavy atom. The number of methoxy groups -OCH3 is 1. The van der Waals surface area contributed by atoms with E-state index in [-0.39, 0.29) is 29.6 Å². The van der Waals surface area contributed by atoms with E-state index in [1.165, 1.54) is 34.9 Å². The highest BCUT2D eigenvalue weighted by Crippen LogP contribution is 2.40. The first-order valence-electron chi connectivity index (χ1n) is 11.6. The quantitative estimate of drug-likeness (QED) is 0.473. The molecule has 1 unspecified atom stereocenters. The minimum absolute atomic E-state index is 0.0506. The maximum atomic E-state index is 13.8. The third kappa shape index (κ3) is 5.07. The molecule has 2 aliphatic rings. The predicted molar refractivity (Wildman–Crippen MR) is 140 cm³/mol. The molecule has 4 rings (SSSR count). The van der Waals surface area contributed by atoms with Crippen LogP contribution in [-0.2, 0) is 24.3 Å². The number of hydrogen-bond donors (Lipinski definition) is 2. The topological polar surface area (TPSA) is 138 Å². The molecule has 0 amide bonds. The molecule has 2 aromatic rings. The van der Waals surface area contributed by atoms with Crippen molar-refractivity contribution in [1.82, 2.24) is 14.6 Å². The van der Waals surface area contributed by atoms with E-state index in [4.69, 9.17) is 21.3 Å². The summed E-state index contributed by atoms with van der Waals surface area (Å²) in [7, 11) is -2.90. The van der Waals surface area contributed by atoms with E-state index in [1.807, 2.05) is 0 Å². The molecule has 38 heavy (non-hydrogen) atoms. The predicted octanol–water partition coefficient (Wildman–Crippen LogP) is 3.36. The Labute approximate surface area is 228 Å². The van der Waals surface area contributed by atoms with Crippen LogP contribution in [0.3, 0.4) is 0 Å². The second kappa shape index (κ2) is 10.7. The Balaban J connectivity index is 1.75. The van der Waals surface area contributed by atoms with Crippen LogP contribution < -0.4 is 5.32 Å². The SMILES string of the molecule is COC(=O)C1=C(C2CCN(S(=O)(=O)C(C)(C)C(=O)O)CC2)NC(c2nccs2)=NC1c1ccc(F)cc1Cl. The molecule has 1 atom stereocenters. The van der Waals surface area contributed by atoms with Crippen molar-refractivity contribution in [2.45, 2.75) is 37.5 Å². The Morgan fingerprint density at radius 3 is 2.53 bits per heavy atom. The third-order valence-electron chi connectivity index (χ3n) is 6.73. The van der Waals surface area contributed by atoms with Crippen molar-refractivity contribution in [2.75, 3.05) is 20.2 Å². The first-order chi connectivity index (χ1) is 17.9. The zero-order chi connectivity index (χ0) is 27.8. The minimum atomic E-state index is -4.14. The number of thiazole rings is 1. The molecule has 1 saturated heterocycles. The number of benzene rings is 1. The molecular formula is C24H26ClFN4O6S2. The fourth-order valence-electron chi connectivity index (χ4n) is 4.44. The molecule has 1 fully saturated rings. The lowest BCUT2D eigenvalue weighted by molar-refractivity contribution is -0.139. The van der Waals surface area contributed by atoms with Crippen molar-refractivity contribution in [1.29, 1.82) is 0 Å². The number of carboxylic acid groups (broad SMARTS) is 1. The van der Waals surface area contributed by atoms with Gasteiger partial charge in [-0.25, -0.2) is 26.9 Å². The van der Waals surface area contributed by atoms with Gasteiger partial charge in [-0.15, -0.1) is 11.3 Å². The lowest BCUT2D eigenvalue weighted by Gasteiger charge is -2.38. The number of rotatable bonds is 7. The van der Waals surface area contributed by atoms with E-state index < -0.39 is 38.6 Å². The number of halogens is 2. The number of aromatic nitrogens is 1. The smallest absolute Gasteiger partial charge is 0.338 e. The Bertz CT molecular complexity index is 1420. The molecule has 1 aromatic heterocycles. The van der Waals surface area contributed by atoms with Crippen molar-refractivity contribution in [3.05, 3.63) is 62.5 Å². The summed E-state index contributed by atoms with van der Waals surface area (Å²) in [6.45, 7) is 2.42. The highest BCUT2D eigenvalue weighted by molar-refractivity contribution is 7.91. The van der Waals surface area contributed by atoms with Crippen molar-refractivity contribution in [3.63, 3.8) is 0 Å². The lowest BCUT2D eigenvalue weighted by Crippen LogP contribution is -2.52. The van der Waals surface area contributed by atoms with E-state index in [0.29, 0.717) is 34.9 Å². The van der Waals surface area contributed by atoms with Gasteiger partial charge in [-0.3, -0.25) is 9.79 Å². The summed E-state index contributed by atoms with van der Waals surface area (Å²) in [5.41, 5.74) is 1.05. The first-order valence-corrected chi connectivity index (χ1v) is 14.3. The van der Waals surface area contributed by atoms with Crippen LogP contribution in [0.4, 0.5) is 4.39 Å². The second-order valence-corrected chi connectivity index (χ2v) is 13.1. The molecule has 0 bridgehead atoms. The van der Waals surface area contributed by atoms with Crippen LogP contribution >= 0.6 is 22.9 Å². The van der Waals surface area contributed by atoms with E-state index >= 15 is 0 Å². The van der Waals surface area contributed by atoms with E-state index in [9.17, 15) is 27.5 Å². The number of sulfonamides is 1. The number of carbonyl (C=O) groups excluding carboxylic acids is 1. The molecule has 0 saturated carbocycles. The number of amidine groups is 1. The number of hydrogen-bond acceptors (Lipinski definition) is 9. The summed E-state index contributed by atoms with van der Waals surface area (Å²) in [5, 5.41) is 15.1. The number of carbonyl (C=O) groups is 2. The van der Waals surface area contributed by atoms with Crippen molar-refractivity contribution in [3.8, 4) is 0 Å². The Hall–Kier alpha value is -2.87. The van der Waals surface area contributed by atoms with E-state index in [2.05, 4.69) is 10.3 Å². The normalized spacial score (nSPS) is 19.6. The zero-order valence-corrected chi connectivity index (χ0v) is 23.2. The largest absolute Gasteiger partial charge is 0.480 e. The second-order valence-electron chi connectivity index (χ2n) is 9.32. The van der Waals surface area contributed by atoms with Gasteiger partial charge in [-0.2, -0.15) is 0 Å². The molecule has 0 aliphatic carbocycles. The van der Waals surface area contributed by atoms with Gasteiger partial charge in [0, 0.05) is 46.9 Å². The van der Waals surface area contributed by atoms with Crippen LogP contribution in [0.1, 0.15) is 43.3 Å². The summed E-state index contributed by atoms with van der Waals surface area (Å²) >= 11 is 7.71. The van der Waals surface area contributed by atoms with Gasteiger partial charge in [0.25, 0.3) is 0 Å². The van der Waals surface area contributed by atoms with E-state index in [1.54, 1.807) is 11.6 Å². The lowest BCUT2D eigenvalue weighted by atomic mass is 9.86. The number of ether oxygens (including phenoxy) is 1. The summed E-state index contributed by atoms with van der Waals surface area (Å²) in [6.07, 6.45) is 2.20. The van der Waals surface area contributed by atoms with Crippen molar-refractivity contribution < 1.29 is 32.2 Å². The monoisotopic (exact) mass is 584 g/mol. The molecule has 0 radical (unpaired) electrons. The fourth-order valence-corrected chi connectivity index (χ4v) is 6.85. The van der Waals surface area contributed by atoms with Crippen molar-refractivity contribution in [2.24, 2.45) is 10.9 Å². The van der Waals surface area contributed by atoms with Gasteiger partial charge in [0.2, 0.25) is 10.0 Å². The number of nitrogens with one attached hydrogen (secondary N) is 1. The number of esters is 1. The number of allylic oxidation sites excluding steroid dienone is 1. The maximum Gasteiger partial charge on any atom is 0.338 e. The molecule has 2 aliphatic heterocycles. The summed E-state index contributed by atoms with van der Waals surface area (Å²) < 4.78 is 44.2. The van der Waals surface area contributed by atoms with Gasteiger partial charge in [0.1, 0.15) is 11.9 Å². The molecule has 1 aromatic carbocycles. The molecule has 204 valence electrons. The molecule has 10 nitrogen and oxygen atoms in total. The minimum Gasteiger partial charge on any atom is -0.480 e. The Kier molecular flexibility index (Phi) is 7.94. The highest BCUT2D eigenvalue weighted by Gasteiger charge is 2.47. The summed E-state index contributed by atoms with van der Waals surface area (Å²) in [6, 6.07) is 2.89. The van der Waals surface area contributed by atoms with Gasteiger partial charge in [0.15, 0.2) is 15.6 Å². The average molecular weight is 585 g/mol. The molecule has 3 heterocycles. The van der Waals surface area contributed by atoms with Crippen LogP contribution in [-0.4, -0.2) is 65.5 Å². The van der Waals surface area contributed by atoms with Gasteiger partial charge >= 0.3 is 11.9 Å². The standard InChI is InChI=1S/C24H26ClFN4O6S2/c1-24(2,23(32)33)38(34,35)30-9-6-13(7-10-30)18-17(22(31)36-3)19(15-5-4-14(26)12-16(15)25)29-20(28-18)21-27-8-11-37-21/h4-5,8,11-13,19H,6-7,9-10H2,1-3H3,(H,28,29)(H,32,33). The number of carboxylic acids is 1. The van der Waals surface area contributed by atoms with Gasteiger partial charge < -0.3 is 15.2 Å². The van der Waals surface area contributed by atoms with Gasteiger partial charge in [-0.05, 0) is 38.8 Å². The van der Waals surface area contributed by atoms with E-state index in [0.717, 1.165) is 19.9 Å². The molecule has 0 spiro atoms.